The van der Waals surface area contributed by atoms with E-state index in [2.05, 4.69) is 32.9 Å². The number of hydrogen-bond donors (Lipinski definition) is 1. The Bertz CT molecular complexity index is 318. The maximum absolute atomic E-state index is 5.67. The molecular formula is C13H19N. The van der Waals surface area contributed by atoms with E-state index in [1.807, 2.05) is 12.1 Å². The molecule has 2 atom stereocenters. The lowest BCUT2D eigenvalue weighted by atomic mass is 9.87. The Kier molecular flexibility index (Phi) is 2.06. The van der Waals surface area contributed by atoms with Crippen molar-refractivity contribution in [2.24, 2.45) is 11.3 Å². The molecule has 1 heteroatoms. The molecule has 0 saturated heterocycles. The Morgan fingerprint density at radius 3 is 2.14 bits per heavy atom. The first-order chi connectivity index (χ1) is 6.48. The first kappa shape index (κ1) is 9.57. The molecule has 1 aliphatic rings. The highest BCUT2D eigenvalue weighted by atomic mass is 14.5. The van der Waals surface area contributed by atoms with Gasteiger partial charge in [0, 0.05) is 5.69 Å². The van der Waals surface area contributed by atoms with Gasteiger partial charge in [-0.1, -0.05) is 32.9 Å². The molecule has 1 nitrogen and oxygen atoms in total. The zero-order chi connectivity index (χ0) is 10.3. The van der Waals surface area contributed by atoms with Crippen LogP contribution in [-0.2, 0) is 0 Å². The third-order valence-corrected chi connectivity index (χ3v) is 3.27. The van der Waals surface area contributed by atoms with Crippen molar-refractivity contribution < 1.29 is 0 Å². The van der Waals surface area contributed by atoms with Crippen molar-refractivity contribution in [3.63, 3.8) is 0 Å². The monoisotopic (exact) mass is 189 g/mol. The summed E-state index contributed by atoms with van der Waals surface area (Å²) in [6.45, 7) is 6.99. The summed E-state index contributed by atoms with van der Waals surface area (Å²) < 4.78 is 0. The largest absolute Gasteiger partial charge is 0.399 e. The van der Waals surface area contributed by atoms with Gasteiger partial charge in [0.2, 0.25) is 0 Å². The van der Waals surface area contributed by atoms with Gasteiger partial charge >= 0.3 is 0 Å². The number of hydrogen-bond acceptors (Lipinski definition) is 1. The van der Waals surface area contributed by atoms with Crippen LogP contribution < -0.4 is 5.73 Å². The van der Waals surface area contributed by atoms with Crippen LogP contribution in [0.3, 0.4) is 0 Å². The van der Waals surface area contributed by atoms with E-state index in [0.717, 1.165) is 17.5 Å². The summed E-state index contributed by atoms with van der Waals surface area (Å²) in [5.74, 6) is 1.63. The first-order valence-corrected chi connectivity index (χ1v) is 5.34. The molecule has 0 aromatic heterocycles. The minimum absolute atomic E-state index is 0.450. The predicted octanol–water partition coefficient (Wildman–Crippen LogP) is 3.42. The fourth-order valence-electron chi connectivity index (χ4n) is 2.26. The molecule has 1 fully saturated rings. The fourth-order valence-corrected chi connectivity index (χ4v) is 2.26. The quantitative estimate of drug-likeness (QED) is 0.673. The van der Waals surface area contributed by atoms with Gasteiger partial charge in [0.1, 0.15) is 0 Å². The van der Waals surface area contributed by atoms with E-state index in [4.69, 9.17) is 5.73 Å². The van der Waals surface area contributed by atoms with E-state index in [-0.39, 0.29) is 0 Å². The standard InChI is InChI=1S/C13H19N/c1-13(2,3)12-8-11(12)9-4-6-10(14)7-5-9/h4-7,11-12H,8,14H2,1-3H3/t11-,12-/m0/s1. The highest BCUT2D eigenvalue weighted by molar-refractivity contribution is 5.41. The summed E-state index contributed by atoms with van der Waals surface area (Å²) in [7, 11) is 0. The Morgan fingerprint density at radius 1 is 1.14 bits per heavy atom. The molecular weight excluding hydrogens is 170 g/mol. The molecule has 0 heterocycles. The molecule has 0 aliphatic heterocycles. The zero-order valence-electron chi connectivity index (χ0n) is 9.25. The highest BCUT2D eigenvalue weighted by Crippen LogP contribution is 2.56. The average molecular weight is 189 g/mol. The van der Waals surface area contributed by atoms with Crippen LogP contribution in [0.1, 0.15) is 38.7 Å². The second-order valence-electron chi connectivity index (χ2n) is 5.48. The lowest BCUT2D eigenvalue weighted by molar-refractivity contribution is 0.343. The molecule has 0 radical (unpaired) electrons. The van der Waals surface area contributed by atoms with Crippen molar-refractivity contribution in [3.05, 3.63) is 29.8 Å². The SMILES string of the molecule is CC(C)(C)[C@H]1C[C@H]1c1ccc(N)cc1. The third-order valence-electron chi connectivity index (χ3n) is 3.27. The third kappa shape index (κ3) is 1.77. The molecule has 0 amide bonds. The van der Waals surface area contributed by atoms with Crippen LogP contribution in [0.5, 0.6) is 0 Å². The van der Waals surface area contributed by atoms with Crippen molar-refractivity contribution in [1.29, 1.82) is 0 Å². The summed E-state index contributed by atoms with van der Waals surface area (Å²) in [5, 5.41) is 0. The van der Waals surface area contributed by atoms with Crippen molar-refractivity contribution >= 4 is 5.69 Å². The predicted molar refractivity (Wildman–Crippen MR) is 61.2 cm³/mol. The fraction of sp³-hybridized carbons (Fsp3) is 0.538. The van der Waals surface area contributed by atoms with Gasteiger partial charge in [0.15, 0.2) is 0 Å². The number of nitrogen functional groups attached to an aromatic ring is 1. The van der Waals surface area contributed by atoms with Gasteiger partial charge in [-0.25, -0.2) is 0 Å². The normalized spacial score (nSPS) is 26.2. The molecule has 2 rings (SSSR count). The van der Waals surface area contributed by atoms with Gasteiger partial charge in [-0.3, -0.25) is 0 Å². The molecule has 1 aliphatic carbocycles. The van der Waals surface area contributed by atoms with Gasteiger partial charge in [0.25, 0.3) is 0 Å². The number of rotatable bonds is 1. The molecule has 76 valence electrons. The molecule has 1 aromatic rings. The zero-order valence-corrected chi connectivity index (χ0v) is 9.25. The van der Waals surface area contributed by atoms with Gasteiger partial charge < -0.3 is 5.73 Å². The lowest BCUT2D eigenvalue weighted by Crippen LogP contribution is -2.08. The molecule has 0 spiro atoms. The van der Waals surface area contributed by atoms with Crippen LogP contribution in [-0.4, -0.2) is 0 Å². The van der Waals surface area contributed by atoms with Gasteiger partial charge in [-0.2, -0.15) is 0 Å². The lowest BCUT2D eigenvalue weighted by Gasteiger charge is -2.18. The Balaban J connectivity index is 2.10. The van der Waals surface area contributed by atoms with Crippen LogP contribution in [0, 0.1) is 11.3 Å². The van der Waals surface area contributed by atoms with Crippen LogP contribution >= 0.6 is 0 Å². The Morgan fingerprint density at radius 2 is 1.71 bits per heavy atom. The highest BCUT2D eigenvalue weighted by Gasteiger charge is 2.45. The van der Waals surface area contributed by atoms with Crippen LogP contribution in [0.15, 0.2) is 24.3 Å². The Hall–Kier alpha value is -0.980. The summed E-state index contributed by atoms with van der Waals surface area (Å²) in [4.78, 5) is 0. The van der Waals surface area contributed by atoms with Crippen LogP contribution in [0.4, 0.5) is 5.69 Å². The minimum atomic E-state index is 0.450. The van der Waals surface area contributed by atoms with Gasteiger partial charge in [-0.05, 0) is 41.4 Å². The Labute approximate surface area is 86.3 Å². The number of benzene rings is 1. The second kappa shape index (κ2) is 3.01. The topological polar surface area (TPSA) is 26.0 Å². The summed E-state index contributed by atoms with van der Waals surface area (Å²) in [5.41, 5.74) is 8.44. The van der Waals surface area contributed by atoms with Crippen molar-refractivity contribution in [2.45, 2.75) is 33.1 Å². The molecule has 14 heavy (non-hydrogen) atoms. The van der Waals surface area contributed by atoms with E-state index < -0.39 is 0 Å². The van der Waals surface area contributed by atoms with E-state index in [1.54, 1.807) is 0 Å². The summed E-state index contributed by atoms with van der Waals surface area (Å²) >= 11 is 0. The van der Waals surface area contributed by atoms with Crippen LogP contribution in [0.2, 0.25) is 0 Å². The smallest absolute Gasteiger partial charge is 0.0314 e. The minimum Gasteiger partial charge on any atom is -0.399 e. The molecule has 1 aromatic carbocycles. The number of anilines is 1. The van der Waals surface area contributed by atoms with E-state index in [1.165, 1.54) is 12.0 Å². The first-order valence-electron chi connectivity index (χ1n) is 5.34. The van der Waals surface area contributed by atoms with Crippen molar-refractivity contribution in [2.75, 3.05) is 5.73 Å². The summed E-state index contributed by atoms with van der Waals surface area (Å²) in [6, 6.07) is 8.36. The number of nitrogens with two attached hydrogens (primary N) is 1. The van der Waals surface area contributed by atoms with E-state index in [9.17, 15) is 0 Å². The maximum Gasteiger partial charge on any atom is 0.0314 e. The molecule has 0 bridgehead atoms. The van der Waals surface area contributed by atoms with Gasteiger partial charge in [0.05, 0.1) is 0 Å². The average Bonchev–Trinajstić information content (AvgIpc) is 2.83. The molecule has 2 N–H and O–H groups in total. The second-order valence-corrected chi connectivity index (χ2v) is 5.48. The van der Waals surface area contributed by atoms with Crippen molar-refractivity contribution in [3.8, 4) is 0 Å². The summed E-state index contributed by atoms with van der Waals surface area (Å²) in [6.07, 6.45) is 1.34. The molecule has 1 saturated carbocycles. The maximum atomic E-state index is 5.67. The van der Waals surface area contributed by atoms with E-state index >= 15 is 0 Å². The van der Waals surface area contributed by atoms with Crippen molar-refractivity contribution in [1.82, 2.24) is 0 Å². The molecule has 0 unspecified atom stereocenters. The van der Waals surface area contributed by atoms with E-state index in [0.29, 0.717) is 5.41 Å². The van der Waals surface area contributed by atoms with Crippen LogP contribution in [0.25, 0.3) is 0 Å². The van der Waals surface area contributed by atoms with Gasteiger partial charge in [-0.15, -0.1) is 0 Å².